The van der Waals surface area contributed by atoms with Gasteiger partial charge in [-0.15, -0.1) is 0 Å². The van der Waals surface area contributed by atoms with Crippen LogP contribution in [0, 0.1) is 0 Å². The highest BCUT2D eigenvalue weighted by Gasteiger charge is 2.41. The molecule has 1 aromatic rings. The van der Waals surface area contributed by atoms with E-state index in [-0.39, 0.29) is 10.8 Å². The lowest BCUT2D eigenvalue weighted by Crippen LogP contribution is -2.53. The molecule has 23 heavy (non-hydrogen) atoms. The first-order chi connectivity index (χ1) is 10.9. The lowest BCUT2D eigenvalue weighted by molar-refractivity contribution is -0.131. The molecule has 0 bridgehead atoms. The summed E-state index contributed by atoms with van der Waals surface area (Å²) in [4.78, 5) is 27.7. The Morgan fingerprint density at radius 3 is 2.48 bits per heavy atom. The van der Waals surface area contributed by atoms with Gasteiger partial charge in [0.25, 0.3) is 10.0 Å². The molecule has 0 radical (unpaired) electrons. The molecule has 124 valence electrons. The summed E-state index contributed by atoms with van der Waals surface area (Å²) >= 11 is 0. The number of para-hydroxylation sites is 1. The molecule has 0 unspecified atom stereocenters. The molecular formula is C15H19N3O4S. The molecule has 1 saturated heterocycles. The number of urea groups is 1. The van der Waals surface area contributed by atoms with Crippen LogP contribution in [0.2, 0.25) is 0 Å². The standard InChI is InChI=1S/C15H19N3O4S/c1-16-12-7-3-4-8-13(12)23(21,22)18(15(16)20)11-14(19)17-9-5-2-6-10-17/h3-4,7-8H,2,5-6,9-11H2,1H3. The van der Waals surface area contributed by atoms with Crippen molar-refractivity contribution in [1.82, 2.24) is 9.21 Å². The lowest BCUT2D eigenvalue weighted by atomic mass is 10.1. The van der Waals surface area contributed by atoms with Crippen molar-refractivity contribution in [3.8, 4) is 0 Å². The Bertz CT molecular complexity index is 741. The third kappa shape index (κ3) is 2.67. The summed E-state index contributed by atoms with van der Waals surface area (Å²) in [7, 11) is -2.50. The van der Waals surface area contributed by atoms with Gasteiger partial charge in [0.2, 0.25) is 5.91 Å². The molecule has 1 aromatic carbocycles. The maximum atomic E-state index is 12.7. The minimum atomic E-state index is -4.00. The number of nitrogens with zero attached hydrogens (tertiary/aromatic N) is 3. The van der Waals surface area contributed by atoms with E-state index in [1.807, 2.05) is 0 Å². The number of likely N-dealkylation sites (tertiary alicyclic amines) is 1. The average molecular weight is 337 g/mol. The molecule has 0 aromatic heterocycles. The fraction of sp³-hybridized carbons (Fsp3) is 0.467. The van der Waals surface area contributed by atoms with Crippen molar-refractivity contribution in [1.29, 1.82) is 0 Å². The van der Waals surface area contributed by atoms with Crippen molar-refractivity contribution in [3.05, 3.63) is 24.3 Å². The summed E-state index contributed by atoms with van der Waals surface area (Å²) < 4.78 is 26.0. The SMILES string of the molecule is CN1C(=O)N(CC(=O)N2CCCCC2)S(=O)(=O)c2ccccc21. The quantitative estimate of drug-likeness (QED) is 0.814. The second-order valence-corrected chi connectivity index (χ2v) is 7.59. The topological polar surface area (TPSA) is 78.0 Å². The van der Waals surface area contributed by atoms with Gasteiger partial charge in [0.05, 0.1) is 5.69 Å². The van der Waals surface area contributed by atoms with E-state index < -0.39 is 22.6 Å². The fourth-order valence-electron chi connectivity index (χ4n) is 2.96. The summed E-state index contributed by atoms with van der Waals surface area (Å²) in [6.07, 6.45) is 2.89. The van der Waals surface area contributed by atoms with Gasteiger partial charge in [-0.2, -0.15) is 0 Å². The van der Waals surface area contributed by atoms with Crippen molar-refractivity contribution in [2.45, 2.75) is 24.2 Å². The van der Waals surface area contributed by atoms with Crippen molar-refractivity contribution in [2.24, 2.45) is 0 Å². The van der Waals surface area contributed by atoms with Crippen LogP contribution in [-0.2, 0) is 14.8 Å². The van der Waals surface area contributed by atoms with Crippen LogP contribution < -0.4 is 4.90 Å². The van der Waals surface area contributed by atoms with Crippen LogP contribution in [0.1, 0.15) is 19.3 Å². The van der Waals surface area contributed by atoms with E-state index in [0.717, 1.165) is 19.3 Å². The fourth-order valence-corrected chi connectivity index (χ4v) is 4.53. The van der Waals surface area contributed by atoms with Gasteiger partial charge in [-0.25, -0.2) is 17.5 Å². The number of carbonyl (C=O) groups is 2. The Balaban J connectivity index is 1.90. The number of hydrogen-bond donors (Lipinski definition) is 0. The van der Waals surface area contributed by atoms with Crippen LogP contribution >= 0.6 is 0 Å². The molecule has 8 heteroatoms. The highest BCUT2D eigenvalue weighted by atomic mass is 32.2. The maximum absolute atomic E-state index is 12.7. The molecule has 0 saturated carbocycles. The van der Waals surface area contributed by atoms with Gasteiger partial charge in [-0.05, 0) is 31.4 Å². The van der Waals surface area contributed by atoms with Crippen molar-refractivity contribution < 1.29 is 18.0 Å². The number of benzene rings is 1. The van der Waals surface area contributed by atoms with Gasteiger partial charge in [0.15, 0.2) is 0 Å². The van der Waals surface area contributed by atoms with E-state index in [9.17, 15) is 18.0 Å². The second kappa shape index (κ2) is 5.84. The Hall–Kier alpha value is -2.09. The van der Waals surface area contributed by atoms with Gasteiger partial charge in [0.1, 0.15) is 11.4 Å². The van der Waals surface area contributed by atoms with Crippen LogP contribution in [0.3, 0.4) is 0 Å². The second-order valence-electron chi connectivity index (χ2n) is 5.76. The van der Waals surface area contributed by atoms with Gasteiger partial charge >= 0.3 is 6.03 Å². The number of piperidine rings is 1. The van der Waals surface area contributed by atoms with Crippen molar-refractivity contribution >= 4 is 27.6 Å². The lowest BCUT2D eigenvalue weighted by Gasteiger charge is -2.35. The van der Waals surface area contributed by atoms with Gasteiger partial charge in [-0.3, -0.25) is 9.69 Å². The Morgan fingerprint density at radius 2 is 1.78 bits per heavy atom. The van der Waals surface area contributed by atoms with E-state index in [2.05, 4.69) is 0 Å². The Morgan fingerprint density at radius 1 is 1.13 bits per heavy atom. The largest absolute Gasteiger partial charge is 0.341 e. The maximum Gasteiger partial charge on any atom is 0.338 e. The zero-order chi connectivity index (χ0) is 16.6. The van der Waals surface area contributed by atoms with E-state index >= 15 is 0 Å². The zero-order valence-corrected chi connectivity index (χ0v) is 13.8. The van der Waals surface area contributed by atoms with Crippen LogP contribution in [0.4, 0.5) is 10.5 Å². The van der Waals surface area contributed by atoms with Crippen LogP contribution in [0.5, 0.6) is 0 Å². The van der Waals surface area contributed by atoms with Gasteiger partial charge in [0, 0.05) is 20.1 Å². The zero-order valence-electron chi connectivity index (χ0n) is 12.9. The number of rotatable bonds is 2. The first kappa shape index (κ1) is 15.8. The Labute approximate surface area is 135 Å². The molecule has 0 N–H and O–H groups in total. The number of fused-ring (bicyclic) bond motifs is 1. The van der Waals surface area contributed by atoms with E-state index in [4.69, 9.17) is 0 Å². The summed E-state index contributed by atoms with van der Waals surface area (Å²) in [6.45, 7) is 0.792. The Kier molecular flexibility index (Phi) is 4.01. The van der Waals surface area contributed by atoms with Crippen LogP contribution in [0.15, 0.2) is 29.2 Å². The number of sulfonamides is 1. The first-order valence-corrected chi connectivity index (χ1v) is 9.04. The first-order valence-electron chi connectivity index (χ1n) is 7.60. The van der Waals surface area contributed by atoms with Crippen LogP contribution in [-0.4, -0.2) is 56.2 Å². The highest BCUT2D eigenvalue weighted by Crippen LogP contribution is 2.33. The van der Waals surface area contributed by atoms with E-state index in [1.165, 1.54) is 18.0 Å². The van der Waals surface area contributed by atoms with Gasteiger partial charge in [-0.1, -0.05) is 12.1 Å². The van der Waals surface area contributed by atoms with Gasteiger partial charge < -0.3 is 4.90 Å². The third-order valence-electron chi connectivity index (χ3n) is 4.28. The average Bonchev–Trinajstić information content (AvgIpc) is 2.57. The minimum Gasteiger partial charge on any atom is -0.341 e. The third-order valence-corrected chi connectivity index (χ3v) is 6.05. The molecule has 2 aliphatic heterocycles. The molecule has 0 spiro atoms. The number of carbonyl (C=O) groups excluding carboxylic acids is 2. The highest BCUT2D eigenvalue weighted by molar-refractivity contribution is 7.90. The number of amides is 3. The summed E-state index contributed by atoms with van der Waals surface area (Å²) in [5, 5.41) is 0. The molecule has 0 atom stereocenters. The smallest absolute Gasteiger partial charge is 0.338 e. The predicted octanol–water partition coefficient (Wildman–Crippen LogP) is 1.26. The predicted molar refractivity (Wildman–Crippen MR) is 84.6 cm³/mol. The summed E-state index contributed by atoms with van der Waals surface area (Å²) in [5.41, 5.74) is 0.333. The molecule has 2 aliphatic rings. The van der Waals surface area contributed by atoms with Crippen molar-refractivity contribution in [2.75, 3.05) is 31.6 Å². The molecular weight excluding hydrogens is 318 g/mol. The molecule has 0 aliphatic carbocycles. The molecule has 3 rings (SSSR count). The normalized spacial score (nSPS) is 20.4. The molecule has 7 nitrogen and oxygen atoms in total. The molecule has 1 fully saturated rings. The minimum absolute atomic E-state index is 0.0496. The number of anilines is 1. The summed E-state index contributed by atoms with van der Waals surface area (Å²) in [5.74, 6) is -0.325. The van der Waals surface area contributed by atoms with E-state index in [1.54, 1.807) is 23.1 Å². The monoisotopic (exact) mass is 337 g/mol. The van der Waals surface area contributed by atoms with E-state index in [0.29, 0.717) is 23.1 Å². The summed E-state index contributed by atoms with van der Waals surface area (Å²) in [6, 6.07) is 5.60. The van der Waals surface area contributed by atoms with Crippen molar-refractivity contribution in [3.63, 3.8) is 0 Å². The van der Waals surface area contributed by atoms with Crippen LogP contribution in [0.25, 0.3) is 0 Å². The molecule has 3 amide bonds. The number of hydrogen-bond acceptors (Lipinski definition) is 4. The molecule has 2 heterocycles.